The quantitative estimate of drug-likeness (QED) is 0.598. The van der Waals surface area contributed by atoms with E-state index in [0.29, 0.717) is 6.61 Å². The molecule has 0 saturated heterocycles. The van der Waals surface area contributed by atoms with Gasteiger partial charge in [-0.05, 0) is 23.8 Å². The van der Waals surface area contributed by atoms with Gasteiger partial charge in [-0.3, -0.25) is 4.79 Å². The van der Waals surface area contributed by atoms with Gasteiger partial charge in [0.1, 0.15) is 11.4 Å². The third-order valence-electron chi connectivity index (χ3n) is 2.63. The Labute approximate surface area is 118 Å². The van der Waals surface area contributed by atoms with Gasteiger partial charge in [0.15, 0.2) is 0 Å². The number of ether oxygens (including phenoxy) is 1. The van der Waals surface area contributed by atoms with E-state index in [2.05, 4.69) is 36.7 Å². The maximum absolute atomic E-state index is 11.8. The van der Waals surface area contributed by atoms with Crippen molar-refractivity contribution < 1.29 is 9.53 Å². The van der Waals surface area contributed by atoms with E-state index in [1.54, 1.807) is 0 Å². The summed E-state index contributed by atoms with van der Waals surface area (Å²) in [5.41, 5.74) is 1.26. The number of hydrogen-bond donors (Lipinski definition) is 0. The number of carbonyl (C=O) groups is 1. The van der Waals surface area contributed by atoms with E-state index in [9.17, 15) is 4.79 Å². The molecule has 0 aliphatic heterocycles. The molecule has 0 fully saturated rings. The maximum atomic E-state index is 11.8. The molecule has 0 aromatic heterocycles. The first kappa shape index (κ1) is 15.2. The van der Waals surface area contributed by atoms with Crippen LogP contribution in [0.3, 0.4) is 0 Å². The molecule has 18 heavy (non-hydrogen) atoms. The minimum atomic E-state index is -0.208. The van der Waals surface area contributed by atoms with E-state index < -0.39 is 0 Å². The summed E-state index contributed by atoms with van der Waals surface area (Å²) >= 11 is 3.39. The lowest BCUT2D eigenvalue weighted by Crippen LogP contribution is -2.19. The second-order valence-corrected chi connectivity index (χ2v) is 6.77. The standard InChI is InChI=1S/C15H21BrO2/c1-15(2,3)10-9-13(16)14(17)18-11-12-7-5-4-6-8-12/h4-8,13H,9-11H2,1-3H3/t13-/m0/s1. The van der Waals surface area contributed by atoms with Crippen LogP contribution in [0.4, 0.5) is 0 Å². The molecule has 1 rings (SSSR count). The normalized spacial score (nSPS) is 13.1. The largest absolute Gasteiger partial charge is 0.460 e. The molecule has 0 aliphatic carbocycles. The average Bonchev–Trinajstić information content (AvgIpc) is 2.33. The number of hydrogen-bond acceptors (Lipinski definition) is 2. The van der Waals surface area contributed by atoms with Gasteiger partial charge in [-0.2, -0.15) is 0 Å². The Balaban J connectivity index is 2.32. The summed E-state index contributed by atoms with van der Waals surface area (Å²) in [5, 5.41) is 0. The number of carbonyl (C=O) groups excluding carboxylic acids is 1. The molecule has 3 heteroatoms. The first-order chi connectivity index (χ1) is 8.38. The van der Waals surface area contributed by atoms with E-state index in [0.717, 1.165) is 18.4 Å². The SMILES string of the molecule is CC(C)(C)CC[C@H](Br)C(=O)OCc1ccccc1. The van der Waals surface area contributed by atoms with Gasteiger partial charge in [-0.15, -0.1) is 0 Å². The third kappa shape index (κ3) is 6.20. The van der Waals surface area contributed by atoms with Crippen LogP contribution in [0.1, 0.15) is 39.2 Å². The van der Waals surface area contributed by atoms with Crippen molar-refractivity contribution in [2.24, 2.45) is 5.41 Å². The second-order valence-electron chi connectivity index (χ2n) is 5.66. The van der Waals surface area contributed by atoms with Gasteiger partial charge >= 0.3 is 5.97 Å². The van der Waals surface area contributed by atoms with Gasteiger partial charge in [0.2, 0.25) is 0 Å². The Morgan fingerprint density at radius 3 is 2.44 bits per heavy atom. The van der Waals surface area contributed by atoms with Crippen molar-refractivity contribution in [2.75, 3.05) is 0 Å². The molecule has 0 N–H and O–H groups in total. The van der Waals surface area contributed by atoms with Crippen LogP contribution < -0.4 is 0 Å². The molecule has 0 amide bonds. The number of rotatable bonds is 5. The minimum Gasteiger partial charge on any atom is -0.460 e. The molecule has 0 spiro atoms. The highest BCUT2D eigenvalue weighted by molar-refractivity contribution is 9.10. The zero-order chi connectivity index (χ0) is 13.6. The smallest absolute Gasteiger partial charge is 0.320 e. The highest BCUT2D eigenvalue weighted by Crippen LogP contribution is 2.24. The van der Waals surface area contributed by atoms with Gasteiger partial charge in [-0.1, -0.05) is 67.0 Å². The first-order valence-corrected chi connectivity index (χ1v) is 7.15. The zero-order valence-electron chi connectivity index (χ0n) is 11.3. The Morgan fingerprint density at radius 1 is 1.28 bits per heavy atom. The average molecular weight is 313 g/mol. The van der Waals surface area contributed by atoms with Crippen LogP contribution in [0, 0.1) is 5.41 Å². The van der Waals surface area contributed by atoms with Crippen molar-refractivity contribution in [1.82, 2.24) is 0 Å². The second kappa shape index (κ2) is 6.93. The van der Waals surface area contributed by atoms with Crippen LogP contribution in [-0.2, 0) is 16.1 Å². The van der Waals surface area contributed by atoms with E-state index in [4.69, 9.17) is 4.74 Å². The van der Waals surface area contributed by atoms with E-state index >= 15 is 0 Å². The van der Waals surface area contributed by atoms with Crippen LogP contribution in [0.15, 0.2) is 30.3 Å². The lowest BCUT2D eigenvalue weighted by Gasteiger charge is -2.19. The minimum absolute atomic E-state index is 0.178. The van der Waals surface area contributed by atoms with Crippen molar-refractivity contribution in [1.29, 1.82) is 0 Å². The number of halogens is 1. The van der Waals surface area contributed by atoms with Crippen LogP contribution in [-0.4, -0.2) is 10.8 Å². The summed E-state index contributed by atoms with van der Waals surface area (Å²) in [4.78, 5) is 11.6. The molecular weight excluding hydrogens is 292 g/mol. The zero-order valence-corrected chi connectivity index (χ0v) is 12.9. The predicted octanol–water partition coefficient (Wildman–Crippen LogP) is 4.32. The Morgan fingerprint density at radius 2 is 1.89 bits per heavy atom. The number of esters is 1. The van der Waals surface area contributed by atoms with Gasteiger partial charge < -0.3 is 4.74 Å². The van der Waals surface area contributed by atoms with E-state index in [1.807, 2.05) is 30.3 Å². The fraction of sp³-hybridized carbons (Fsp3) is 0.533. The molecule has 0 saturated carbocycles. The summed E-state index contributed by atoms with van der Waals surface area (Å²) in [7, 11) is 0. The third-order valence-corrected chi connectivity index (χ3v) is 3.46. The maximum Gasteiger partial charge on any atom is 0.320 e. The van der Waals surface area contributed by atoms with Crippen molar-refractivity contribution in [2.45, 2.75) is 45.0 Å². The molecule has 1 atom stereocenters. The summed E-state index contributed by atoms with van der Waals surface area (Å²) in [6.45, 7) is 6.85. The van der Waals surface area contributed by atoms with Gasteiger partial charge in [0.25, 0.3) is 0 Å². The molecule has 0 heterocycles. The van der Waals surface area contributed by atoms with Crippen LogP contribution in [0.25, 0.3) is 0 Å². The Hall–Kier alpha value is -0.830. The van der Waals surface area contributed by atoms with Crippen LogP contribution in [0.5, 0.6) is 0 Å². The summed E-state index contributed by atoms with van der Waals surface area (Å²) in [6, 6.07) is 9.72. The van der Waals surface area contributed by atoms with E-state index in [-0.39, 0.29) is 16.2 Å². The predicted molar refractivity (Wildman–Crippen MR) is 77.6 cm³/mol. The molecule has 0 unspecified atom stereocenters. The molecule has 0 bridgehead atoms. The molecule has 0 radical (unpaired) electrons. The summed E-state index contributed by atoms with van der Waals surface area (Å²) in [5.74, 6) is -0.178. The number of alkyl halides is 1. The van der Waals surface area contributed by atoms with Crippen molar-refractivity contribution >= 4 is 21.9 Å². The first-order valence-electron chi connectivity index (χ1n) is 6.23. The number of benzene rings is 1. The molecule has 1 aromatic carbocycles. The van der Waals surface area contributed by atoms with Gasteiger partial charge in [-0.25, -0.2) is 0 Å². The van der Waals surface area contributed by atoms with Crippen molar-refractivity contribution in [3.63, 3.8) is 0 Å². The fourth-order valence-electron chi connectivity index (χ4n) is 1.50. The lowest BCUT2D eigenvalue weighted by atomic mass is 9.90. The van der Waals surface area contributed by atoms with Gasteiger partial charge in [0.05, 0.1) is 0 Å². The monoisotopic (exact) mass is 312 g/mol. The Bertz CT molecular complexity index is 368. The van der Waals surface area contributed by atoms with Crippen LogP contribution >= 0.6 is 15.9 Å². The fourth-order valence-corrected chi connectivity index (χ4v) is 1.86. The van der Waals surface area contributed by atoms with Crippen molar-refractivity contribution in [3.8, 4) is 0 Å². The topological polar surface area (TPSA) is 26.3 Å². The molecular formula is C15H21BrO2. The molecule has 0 aliphatic rings. The summed E-state index contributed by atoms with van der Waals surface area (Å²) in [6.07, 6.45) is 1.79. The van der Waals surface area contributed by atoms with Crippen molar-refractivity contribution in [3.05, 3.63) is 35.9 Å². The molecule has 2 nitrogen and oxygen atoms in total. The van der Waals surface area contributed by atoms with Crippen LogP contribution in [0.2, 0.25) is 0 Å². The lowest BCUT2D eigenvalue weighted by molar-refractivity contribution is -0.144. The Kier molecular flexibility index (Phi) is 5.86. The molecule has 100 valence electrons. The highest BCUT2D eigenvalue weighted by atomic mass is 79.9. The highest BCUT2D eigenvalue weighted by Gasteiger charge is 2.20. The van der Waals surface area contributed by atoms with E-state index in [1.165, 1.54) is 0 Å². The summed E-state index contributed by atoms with van der Waals surface area (Å²) < 4.78 is 5.27. The molecule has 1 aromatic rings. The van der Waals surface area contributed by atoms with Gasteiger partial charge in [0, 0.05) is 0 Å².